The molecule has 0 saturated heterocycles. The molecule has 0 atom stereocenters. The number of hydrogen-bond acceptors (Lipinski definition) is 3. The van der Waals surface area contributed by atoms with Crippen LogP contribution in [0.3, 0.4) is 0 Å². The van der Waals surface area contributed by atoms with Crippen LogP contribution in [-0.2, 0) is 6.54 Å². The molecule has 1 heterocycles. The van der Waals surface area contributed by atoms with Crippen LogP contribution in [-0.4, -0.2) is 11.0 Å². The second-order valence-corrected chi connectivity index (χ2v) is 3.09. The average molecular weight is 165 g/mol. The molecule has 0 spiro atoms. The Kier molecular flexibility index (Phi) is 3.05. The SMILES string of the molecule is CC(C)NCc1cccc(N)n1. The Bertz CT molecular complexity index is 245. The molecule has 0 unspecified atom stereocenters. The van der Waals surface area contributed by atoms with E-state index in [9.17, 15) is 0 Å². The van der Waals surface area contributed by atoms with Crippen LogP contribution < -0.4 is 11.1 Å². The molecule has 0 saturated carbocycles. The van der Waals surface area contributed by atoms with Crippen molar-refractivity contribution in [1.82, 2.24) is 10.3 Å². The molecule has 3 N–H and O–H groups in total. The highest BCUT2D eigenvalue weighted by atomic mass is 14.9. The van der Waals surface area contributed by atoms with Gasteiger partial charge in [-0.25, -0.2) is 4.98 Å². The maximum atomic E-state index is 5.53. The van der Waals surface area contributed by atoms with Crippen molar-refractivity contribution >= 4 is 5.82 Å². The molecule has 0 aliphatic heterocycles. The third-order valence-corrected chi connectivity index (χ3v) is 1.52. The molecule has 0 amide bonds. The van der Waals surface area contributed by atoms with Gasteiger partial charge in [-0.1, -0.05) is 19.9 Å². The van der Waals surface area contributed by atoms with Gasteiger partial charge >= 0.3 is 0 Å². The predicted octanol–water partition coefficient (Wildman–Crippen LogP) is 1.16. The fourth-order valence-electron chi connectivity index (χ4n) is 0.905. The van der Waals surface area contributed by atoms with Crippen molar-refractivity contribution in [3.8, 4) is 0 Å². The molecule has 0 aliphatic rings. The average Bonchev–Trinajstić information content (AvgIpc) is 2.01. The molecule has 3 nitrogen and oxygen atoms in total. The van der Waals surface area contributed by atoms with E-state index >= 15 is 0 Å². The van der Waals surface area contributed by atoms with Gasteiger partial charge in [0.25, 0.3) is 0 Å². The van der Waals surface area contributed by atoms with Gasteiger partial charge in [0.05, 0.1) is 5.69 Å². The van der Waals surface area contributed by atoms with Gasteiger partial charge in [0.1, 0.15) is 5.82 Å². The summed E-state index contributed by atoms with van der Waals surface area (Å²) in [6.45, 7) is 4.99. The van der Waals surface area contributed by atoms with Crippen LogP contribution in [0.15, 0.2) is 18.2 Å². The van der Waals surface area contributed by atoms with E-state index in [4.69, 9.17) is 5.73 Å². The minimum atomic E-state index is 0.480. The van der Waals surface area contributed by atoms with E-state index in [0.717, 1.165) is 12.2 Å². The molecule has 1 aromatic heterocycles. The van der Waals surface area contributed by atoms with Gasteiger partial charge < -0.3 is 11.1 Å². The summed E-state index contributed by atoms with van der Waals surface area (Å²) in [6.07, 6.45) is 0. The van der Waals surface area contributed by atoms with Crippen molar-refractivity contribution in [2.75, 3.05) is 5.73 Å². The summed E-state index contributed by atoms with van der Waals surface area (Å²) in [6, 6.07) is 6.15. The van der Waals surface area contributed by atoms with E-state index in [-0.39, 0.29) is 0 Å². The van der Waals surface area contributed by atoms with Crippen LogP contribution in [0.25, 0.3) is 0 Å². The largest absolute Gasteiger partial charge is 0.384 e. The predicted molar refractivity (Wildman–Crippen MR) is 50.6 cm³/mol. The zero-order valence-corrected chi connectivity index (χ0v) is 7.54. The Hall–Kier alpha value is -1.09. The molecule has 12 heavy (non-hydrogen) atoms. The summed E-state index contributed by atoms with van der Waals surface area (Å²) in [5.41, 5.74) is 6.52. The second-order valence-electron chi connectivity index (χ2n) is 3.09. The van der Waals surface area contributed by atoms with Crippen LogP contribution in [0.4, 0.5) is 5.82 Å². The lowest BCUT2D eigenvalue weighted by Crippen LogP contribution is -2.22. The zero-order valence-electron chi connectivity index (χ0n) is 7.54. The minimum absolute atomic E-state index is 0.480. The number of nitrogens with one attached hydrogen (secondary N) is 1. The summed E-state index contributed by atoms with van der Waals surface area (Å²) in [4.78, 5) is 4.16. The van der Waals surface area contributed by atoms with E-state index < -0.39 is 0 Å². The van der Waals surface area contributed by atoms with Gasteiger partial charge in [-0.2, -0.15) is 0 Å². The van der Waals surface area contributed by atoms with Gasteiger partial charge in [0.15, 0.2) is 0 Å². The molecule has 3 heteroatoms. The smallest absolute Gasteiger partial charge is 0.123 e. The van der Waals surface area contributed by atoms with Gasteiger partial charge in [0, 0.05) is 12.6 Å². The summed E-state index contributed by atoms with van der Waals surface area (Å²) in [7, 11) is 0. The number of pyridine rings is 1. The highest BCUT2D eigenvalue weighted by molar-refractivity contribution is 5.28. The van der Waals surface area contributed by atoms with Crippen molar-refractivity contribution in [2.24, 2.45) is 0 Å². The van der Waals surface area contributed by atoms with Crippen LogP contribution >= 0.6 is 0 Å². The minimum Gasteiger partial charge on any atom is -0.384 e. The number of aromatic nitrogens is 1. The highest BCUT2D eigenvalue weighted by Crippen LogP contribution is 1.99. The van der Waals surface area contributed by atoms with Crippen molar-refractivity contribution < 1.29 is 0 Å². The zero-order chi connectivity index (χ0) is 8.97. The highest BCUT2D eigenvalue weighted by Gasteiger charge is 1.95. The Labute approximate surface area is 73.0 Å². The number of nitrogens with two attached hydrogens (primary N) is 1. The molecular formula is C9H15N3. The first kappa shape index (κ1) is 9.00. The van der Waals surface area contributed by atoms with Crippen molar-refractivity contribution in [2.45, 2.75) is 26.4 Å². The summed E-state index contributed by atoms with van der Waals surface area (Å²) >= 11 is 0. The first-order chi connectivity index (χ1) is 5.68. The lowest BCUT2D eigenvalue weighted by atomic mass is 10.3. The Balaban J connectivity index is 2.52. The third-order valence-electron chi connectivity index (χ3n) is 1.52. The molecule has 1 aromatic rings. The normalized spacial score (nSPS) is 10.6. The molecule has 0 fully saturated rings. The quantitative estimate of drug-likeness (QED) is 0.706. The molecule has 0 bridgehead atoms. The lowest BCUT2D eigenvalue weighted by Gasteiger charge is -2.07. The van der Waals surface area contributed by atoms with E-state index in [0.29, 0.717) is 11.9 Å². The van der Waals surface area contributed by atoms with Crippen molar-refractivity contribution in [3.63, 3.8) is 0 Å². The Morgan fingerprint density at radius 2 is 2.25 bits per heavy atom. The Morgan fingerprint density at radius 3 is 2.83 bits per heavy atom. The third kappa shape index (κ3) is 2.88. The van der Waals surface area contributed by atoms with E-state index in [1.165, 1.54) is 0 Å². The van der Waals surface area contributed by atoms with Crippen LogP contribution in [0.1, 0.15) is 19.5 Å². The molecule has 66 valence electrons. The fourth-order valence-corrected chi connectivity index (χ4v) is 0.905. The molecule has 0 radical (unpaired) electrons. The van der Waals surface area contributed by atoms with E-state index in [1.54, 1.807) is 6.07 Å². The van der Waals surface area contributed by atoms with Gasteiger partial charge in [-0.05, 0) is 12.1 Å². The summed E-state index contributed by atoms with van der Waals surface area (Å²) in [5.74, 6) is 0.582. The number of rotatable bonds is 3. The van der Waals surface area contributed by atoms with Gasteiger partial charge in [0.2, 0.25) is 0 Å². The standard InChI is InChI=1S/C9H15N3/c1-7(2)11-6-8-4-3-5-9(10)12-8/h3-5,7,11H,6H2,1-2H3,(H2,10,12). The van der Waals surface area contributed by atoms with E-state index in [1.807, 2.05) is 12.1 Å². The maximum Gasteiger partial charge on any atom is 0.123 e. The van der Waals surface area contributed by atoms with E-state index in [2.05, 4.69) is 24.1 Å². The monoisotopic (exact) mass is 165 g/mol. The maximum absolute atomic E-state index is 5.53. The van der Waals surface area contributed by atoms with Crippen molar-refractivity contribution in [1.29, 1.82) is 0 Å². The van der Waals surface area contributed by atoms with Crippen LogP contribution in [0.5, 0.6) is 0 Å². The summed E-state index contributed by atoms with van der Waals surface area (Å²) < 4.78 is 0. The summed E-state index contributed by atoms with van der Waals surface area (Å²) in [5, 5.41) is 3.27. The first-order valence-electron chi connectivity index (χ1n) is 4.13. The lowest BCUT2D eigenvalue weighted by molar-refractivity contribution is 0.582. The number of nitrogens with zero attached hydrogens (tertiary/aromatic N) is 1. The number of anilines is 1. The van der Waals surface area contributed by atoms with Crippen molar-refractivity contribution in [3.05, 3.63) is 23.9 Å². The Morgan fingerprint density at radius 1 is 1.50 bits per heavy atom. The number of hydrogen-bond donors (Lipinski definition) is 2. The second kappa shape index (κ2) is 4.07. The topological polar surface area (TPSA) is 50.9 Å². The molecule has 0 aliphatic carbocycles. The number of nitrogen functional groups attached to an aromatic ring is 1. The van der Waals surface area contributed by atoms with Crippen LogP contribution in [0.2, 0.25) is 0 Å². The molecule has 1 rings (SSSR count). The fraction of sp³-hybridized carbons (Fsp3) is 0.444. The van der Waals surface area contributed by atoms with Crippen LogP contribution in [0, 0.1) is 0 Å². The van der Waals surface area contributed by atoms with Gasteiger partial charge in [-0.3, -0.25) is 0 Å². The molecule has 0 aromatic carbocycles. The van der Waals surface area contributed by atoms with Gasteiger partial charge in [-0.15, -0.1) is 0 Å². The molecular weight excluding hydrogens is 150 g/mol. The first-order valence-corrected chi connectivity index (χ1v) is 4.13.